The van der Waals surface area contributed by atoms with Crippen LogP contribution in [0.5, 0.6) is 11.5 Å². The second-order valence-electron chi connectivity index (χ2n) is 16.6. The quantitative estimate of drug-likeness (QED) is 0.163. The largest absolute Gasteiger partial charge is 0.457 e. The van der Waals surface area contributed by atoms with Gasteiger partial charge >= 0.3 is 0 Å². The average molecular weight is 821 g/mol. The Morgan fingerprint density at radius 1 is 0.359 bits per heavy atom. The van der Waals surface area contributed by atoms with Crippen LogP contribution in [0.25, 0.3) is 100 Å². The molecular weight excluding hydrogens is 789 g/mol. The molecule has 4 aromatic heterocycles. The molecule has 2 aliphatic rings. The maximum Gasteiger partial charge on any atom is 0.227 e. The van der Waals surface area contributed by atoms with Gasteiger partial charge < -0.3 is 13.6 Å². The van der Waals surface area contributed by atoms with Crippen LogP contribution < -0.4 is 4.74 Å². The summed E-state index contributed by atoms with van der Waals surface area (Å²) in [6.45, 7) is 0. The topological polar surface area (TPSA) is 87.1 Å². The molecule has 7 nitrogen and oxygen atoms in total. The molecule has 5 heterocycles. The lowest BCUT2D eigenvalue weighted by Crippen LogP contribution is -2.32. The molecule has 0 fully saturated rings. The van der Waals surface area contributed by atoms with Gasteiger partial charge in [-0.1, -0.05) is 109 Å². The van der Waals surface area contributed by atoms with E-state index in [0.717, 1.165) is 100 Å². The van der Waals surface area contributed by atoms with Gasteiger partial charge in [-0.25, -0.2) is 9.97 Å². The number of ether oxygens (including phenoxy) is 1. The lowest BCUT2D eigenvalue weighted by atomic mass is 9.66. The number of rotatable bonds is 4. The first-order chi connectivity index (χ1) is 31.7. The zero-order chi connectivity index (χ0) is 41.9. The maximum absolute atomic E-state index is 6.52. The smallest absolute Gasteiger partial charge is 0.227 e. The fourth-order valence-electron chi connectivity index (χ4n) is 10.2. The van der Waals surface area contributed by atoms with E-state index in [4.69, 9.17) is 33.5 Å². The second-order valence-corrected chi connectivity index (χ2v) is 16.6. The first-order valence-corrected chi connectivity index (χ1v) is 21.3. The van der Waals surface area contributed by atoms with E-state index in [9.17, 15) is 0 Å². The van der Waals surface area contributed by atoms with Crippen LogP contribution in [0.1, 0.15) is 22.3 Å². The molecule has 0 atom stereocenters. The number of hydrogen-bond acceptors (Lipinski definition) is 7. The molecule has 8 aromatic carbocycles. The van der Waals surface area contributed by atoms with Crippen molar-refractivity contribution < 1.29 is 13.6 Å². The molecular formula is C57H32N4O3. The van der Waals surface area contributed by atoms with Crippen LogP contribution in [0, 0.1) is 0 Å². The zero-order valence-corrected chi connectivity index (χ0v) is 34.0. The molecule has 12 aromatic rings. The van der Waals surface area contributed by atoms with E-state index in [0.29, 0.717) is 11.8 Å². The van der Waals surface area contributed by atoms with Crippen LogP contribution in [0.2, 0.25) is 0 Å². The van der Waals surface area contributed by atoms with Crippen molar-refractivity contribution in [2.45, 2.75) is 5.41 Å². The number of oxazole rings is 2. The highest BCUT2D eigenvalue weighted by Crippen LogP contribution is 2.62. The van der Waals surface area contributed by atoms with Gasteiger partial charge in [-0.2, -0.15) is 0 Å². The number of nitrogens with zero attached hydrogens (tertiary/aromatic N) is 4. The van der Waals surface area contributed by atoms with Crippen molar-refractivity contribution in [3.8, 4) is 67.8 Å². The van der Waals surface area contributed by atoms with E-state index in [1.165, 1.54) is 22.3 Å². The second kappa shape index (κ2) is 13.2. The molecule has 14 rings (SSSR count). The van der Waals surface area contributed by atoms with Crippen LogP contribution in [0.4, 0.5) is 0 Å². The Labute approximate surface area is 365 Å². The SMILES string of the molecule is c1ccc2c(c1)Oc1ccccc1C21c2ccccc2-c2cc(-c3cnc4c(ccc5cc(-c6cc(-c7nc8ccccc8o7)cc(-c7nc8ccccc8o7)c6)cnc54)c3)ccc21. The Morgan fingerprint density at radius 3 is 1.47 bits per heavy atom. The Bertz CT molecular complexity index is 3720. The van der Waals surface area contributed by atoms with Gasteiger partial charge in [0.1, 0.15) is 22.5 Å². The Morgan fingerprint density at radius 2 is 0.859 bits per heavy atom. The van der Waals surface area contributed by atoms with Crippen LogP contribution >= 0.6 is 0 Å². The van der Waals surface area contributed by atoms with Gasteiger partial charge in [-0.3, -0.25) is 9.97 Å². The number of aromatic nitrogens is 4. The third-order valence-corrected chi connectivity index (χ3v) is 13.0. The molecule has 0 bridgehead atoms. The van der Waals surface area contributed by atoms with Crippen molar-refractivity contribution in [2.75, 3.05) is 0 Å². The molecule has 0 unspecified atom stereocenters. The predicted octanol–water partition coefficient (Wildman–Crippen LogP) is 14.2. The minimum absolute atomic E-state index is 0.502. The highest BCUT2D eigenvalue weighted by Gasteiger charge is 2.51. The maximum atomic E-state index is 6.52. The molecule has 1 aliphatic heterocycles. The summed E-state index contributed by atoms with van der Waals surface area (Å²) >= 11 is 0. The lowest BCUT2D eigenvalue weighted by molar-refractivity contribution is 0.436. The Hall–Kier alpha value is -8.68. The monoisotopic (exact) mass is 820 g/mol. The van der Waals surface area contributed by atoms with Gasteiger partial charge in [0.25, 0.3) is 0 Å². The van der Waals surface area contributed by atoms with Crippen molar-refractivity contribution >= 4 is 44.0 Å². The molecule has 0 saturated heterocycles. The molecule has 298 valence electrons. The molecule has 0 N–H and O–H groups in total. The summed E-state index contributed by atoms with van der Waals surface area (Å²) in [5, 5.41) is 2.00. The van der Waals surface area contributed by atoms with Gasteiger partial charge in [-0.15, -0.1) is 0 Å². The summed E-state index contributed by atoms with van der Waals surface area (Å²) in [5.74, 6) is 2.81. The number of pyridine rings is 2. The van der Waals surface area contributed by atoms with Crippen molar-refractivity contribution in [3.63, 3.8) is 0 Å². The van der Waals surface area contributed by atoms with Crippen LogP contribution in [-0.2, 0) is 5.41 Å². The predicted molar refractivity (Wildman–Crippen MR) is 251 cm³/mol. The molecule has 0 saturated carbocycles. The third-order valence-electron chi connectivity index (χ3n) is 13.0. The number of hydrogen-bond donors (Lipinski definition) is 0. The van der Waals surface area contributed by atoms with Crippen LogP contribution in [0.15, 0.2) is 203 Å². The molecule has 0 amide bonds. The Kier molecular flexibility index (Phi) is 7.19. The van der Waals surface area contributed by atoms with E-state index >= 15 is 0 Å². The first kappa shape index (κ1) is 35.0. The molecule has 7 heteroatoms. The molecule has 1 aliphatic carbocycles. The van der Waals surface area contributed by atoms with Crippen molar-refractivity contribution in [1.82, 2.24) is 19.9 Å². The third kappa shape index (κ3) is 5.03. The van der Waals surface area contributed by atoms with Crippen LogP contribution in [-0.4, -0.2) is 19.9 Å². The normalized spacial score (nSPS) is 13.2. The summed E-state index contributed by atoms with van der Waals surface area (Å²) < 4.78 is 19.0. The number of para-hydroxylation sites is 6. The highest BCUT2D eigenvalue weighted by molar-refractivity contribution is 6.05. The summed E-state index contributed by atoms with van der Waals surface area (Å²) in [7, 11) is 0. The highest BCUT2D eigenvalue weighted by atomic mass is 16.5. The Balaban J connectivity index is 0.866. The number of benzene rings is 8. The van der Waals surface area contributed by atoms with Crippen molar-refractivity contribution in [3.05, 3.63) is 217 Å². The molecule has 0 radical (unpaired) electrons. The minimum Gasteiger partial charge on any atom is -0.457 e. The standard InChI is InChI=1S/C57H32N4O3/c1-2-12-43-41(11-1)42-30-33(23-24-44(42)57(43)45-13-3-7-17-49(45)62-50-18-8-4-14-46(50)57)39-25-34-21-22-35-26-40(32-59-54(35)53(34)58-31-39)36-27-37(55-60-47-15-5-9-19-51(47)63-55)29-38(28-36)56-61-48-16-6-10-20-52(48)64-56/h1-32H. The van der Waals surface area contributed by atoms with E-state index < -0.39 is 5.41 Å². The summed E-state index contributed by atoms with van der Waals surface area (Å²) in [4.78, 5) is 19.8. The van der Waals surface area contributed by atoms with Gasteiger partial charge in [0.15, 0.2) is 11.2 Å². The summed E-state index contributed by atoms with van der Waals surface area (Å²) in [6.07, 6.45) is 3.89. The summed E-state index contributed by atoms with van der Waals surface area (Å²) in [5.41, 5.74) is 17.1. The fraction of sp³-hybridized carbons (Fsp3) is 0.0175. The van der Waals surface area contributed by atoms with Crippen LogP contribution in [0.3, 0.4) is 0 Å². The van der Waals surface area contributed by atoms with E-state index in [1.54, 1.807) is 0 Å². The fourth-order valence-corrected chi connectivity index (χ4v) is 10.2. The van der Waals surface area contributed by atoms with Gasteiger partial charge in [0.05, 0.1) is 16.4 Å². The lowest BCUT2D eigenvalue weighted by Gasteiger charge is -2.39. The molecule has 1 spiro atoms. The van der Waals surface area contributed by atoms with E-state index in [2.05, 4.69) is 115 Å². The average Bonchev–Trinajstić information content (AvgIpc) is 4.07. The van der Waals surface area contributed by atoms with Gasteiger partial charge in [-0.05, 0) is 106 Å². The van der Waals surface area contributed by atoms with E-state index in [-0.39, 0.29) is 0 Å². The van der Waals surface area contributed by atoms with Crippen molar-refractivity contribution in [1.29, 1.82) is 0 Å². The minimum atomic E-state index is -0.502. The first-order valence-electron chi connectivity index (χ1n) is 21.3. The van der Waals surface area contributed by atoms with E-state index in [1.807, 2.05) is 79.1 Å². The summed E-state index contributed by atoms with van der Waals surface area (Å²) in [6, 6.07) is 63.1. The van der Waals surface area contributed by atoms with Gasteiger partial charge in [0, 0.05) is 56.5 Å². The number of fused-ring (bicyclic) bond motifs is 14. The molecule has 64 heavy (non-hydrogen) atoms. The van der Waals surface area contributed by atoms with Gasteiger partial charge in [0.2, 0.25) is 11.8 Å². The zero-order valence-electron chi connectivity index (χ0n) is 34.0. The van der Waals surface area contributed by atoms with Crippen molar-refractivity contribution in [2.24, 2.45) is 0 Å².